The number of anilines is 1. The van der Waals surface area contributed by atoms with E-state index in [4.69, 9.17) is 14.8 Å². The van der Waals surface area contributed by atoms with E-state index in [1.807, 2.05) is 45.4 Å². The summed E-state index contributed by atoms with van der Waals surface area (Å²) < 4.78 is 7.54. The van der Waals surface area contributed by atoms with E-state index in [1.54, 1.807) is 0 Å². The number of rotatable bonds is 5. The van der Waals surface area contributed by atoms with Gasteiger partial charge >= 0.3 is 0 Å². The molecule has 7 nitrogen and oxygen atoms in total. The van der Waals surface area contributed by atoms with E-state index < -0.39 is 0 Å². The van der Waals surface area contributed by atoms with Gasteiger partial charge in [0, 0.05) is 49.5 Å². The lowest BCUT2D eigenvalue weighted by Gasteiger charge is -2.27. The maximum absolute atomic E-state index is 8.96. The predicted molar refractivity (Wildman–Crippen MR) is 111 cm³/mol. The number of aliphatic hydroxyl groups is 1. The number of aromatic nitrogens is 4. The van der Waals surface area contributed by atoms with Crippen molar-refractivity contribution in [3.63, 3.8) is 0 Å². The molecule has 4 heterocycles. The van der Waals surface area contributed by atoms with Crippen LogP contribution in [0.4, 0.5) is 5.82 Å². The predicted octanol–water partition coefficient (Wildman–Crippen LogP) is 2.89. The lowest BCUT2D eigenvalue weighted by molar-refractivity contribution is 0.122. The number of morpholine rings is 1. The molecule has 1 saturated heterocycles. The first kappa shape index (κ1) is 20.2. The fraction of sp³-hybridized carbons (Fsp3) is 0.476. The summed E-state index contributed by atoms with van der Waals surface area (Å²) in [6, 6.07) is 4.10. The maximum atomic E-state index is 8.96. The fourth-order valence-electron chi connectivity index (χ4n) is 3.40. The van der Waals surface area contributed by atoms with Crippen LogP contribution in [0.2, 0.25) is 0 Å². The van der Waals surface area contributed by atoms with Crippen LogP contribution < -0.4 is 4.90 Å². The molecule has 0 aliphatic carbocycles. The molecule has 28 heavy (non-hydrogen) atoms. The molecule has 0 radical (unpaired) electrons. The molecular weight excluding hydrogens is 354 g/mol. The number of nitrogens with zero attached hydrogens (tertiary/aromatic N) is 5. The van der Waals surface area contributed by atoms with E-state index in [9.17, 15) is 0 Å². The molecule has 0 bridgehead atoms. The van der Waals surface area contributed by atoms with Crippen LogP contribution in [-0.2, 0) is 11.2 Å². The zero-order chi connectivity index (χ0) is 19.9. The van der Waals surface area contributed by atoms with Crippen molar-refractivity contribution in [2.24, 2.45) is 0 Å². The minimum absolute atomic E-state index is 0.188. The lowest BCUT2D eigenvalue weighted by Crippen LogP contribution is -2.37. The third kappa shape index (κ3) is 4.15. The third-order valence-corrected chi connectivity index (χ3v) is 4.70. The van der Waals surface area contributed by atoms with Gasteiger partial charge in [0.05, 0.1) is 24.6 Å². The van der Waals surface area contributed by atoms with Crippen molar-refractivity contribution < 1.29 is 9.84 Å². The highest BCUT2D eigenvalue weighted by atomic mass is 16.5. The Kier molecular flexibility index (Phi) is 6.95. The van der Waals surface area contributed by atoms with E-state index >= 15 is 0 Å². The van der Waals surface area contributed by atoms with Gasteiger partial charge in [0.15, 0.2) is 11.5 Å². The smallest absolute Gasteiger partial charge is 0.181 e. The first-order valence-electron chi connectivity index (χ1n) is 10.0. The van der Waals surface area contributed by atoms with E-state index in [0.29, 0.717) is 13.2 Å². The van der Waals surface area contributed by atoms with E-state index in [1.165, 1.54) is 0 Å². The van der Waals surface area contributed by atoms with Crippen molar-refractivity contribution in [2.45, 2.75) is 33.6 Å². The van der Waals surface area contributed by atoms with Crippen LogP contribution in [0.1, 0.15) is 31.7 Å². The fourth-order valence-corrected chi connectivity index (χ4v) is 3.40. The zero-order valence-electron chi connectivity index (χ0n) is 16.9. The molecule has 3 aromatic rings. The SMILES string of the molecule is CC.Cc1nc2c(N3CCOCC3)nccn2c1-c1ccc(CCCO)nc1. The summed E-state index contributed by atoms with van der Waals surface area (Å²) in [5.74, 6) is 0.901. The molecule has 7 heteroatoms. The van der Waals surface area contributed by atoms with Crippen molar-refractivity contribution in [2.75, 3.05) is 37.8 Å². The molecule has 0 spiro atoms. The van der Waals surface area contributed by atoms with Crippen LogP contribution in [0.3, 0.4) is 0 Å². The summed E-state index contributed by atoms with van der Waals surface area (Å²) >= 11 is 0. The van der Waals surface area contributed by atoms with Crippen molar-refractivity contribution in [1.82, 2.24) is 19.4 Å². The van der Waals surface area contributed by atoms with Crippen LogP contribution >= 0.6 is 0 Å². The zero-order valence-corrected chi connectivity index (χ0v) is 16.9. The van der Waals surface area contributed by atoms with Gasteiger partial charge in [-0.3, -0.25) is 9.38 Å². The topological polar surface area (TPSA) is 75.8 Å². The number of hydrogen-bond donors (Lipinski definition) is 1. The van der Waals surface area contributed by atoms with E-state index in [-0.39, 0.29) is 6.61 Å². The van der Waals surface area contributed by atoms with E-state index in [0.717, 1.165) is 60.0 Å². The summed E-state index contributed by atoms with van der Waals surface area (Å²) in [7, 11) is 0. The molecule has 0 amide bonds. The van der Waals surface area contributed by atoms with Crippen LogP contribution in [0.15, 0.2) is 30.7 Å². The quantitative estimate of drug-likeness (QED) is 0.730. The molecule has 0 saturated carbocycles. The Bertz CT molecular complexity index is 886. The number of aryl methyl sites for hydroxylation is 2. The molecular formula is C21H29N5O2. The van der Waals surface area contributed by atoms with Gasteiger partial charge in [-0.05, 0) is 31.9 Å². The van der Waals surface area contributed by atoms with Gasteiger partial charge in [0.2, 0.25) is 0 Å². The third-order valence-electron chi connectivity index (χ3n) is 4.70. The Balaban J connectivity index is 0.00000109. The van der Waals surface area contributed by atoms with Gasteiger partial charge in [0.1, 0.15) is 0 Å². The highest BCUT2D eigenvalue weighted by Crippen LogP contribution is 2.28. The molecule has 1 aliphatic heterocycles. The normalized spacial score (nSPS) is 14.1. The standard InChI is InChI=1S/C19H23N5O2.C2H6/c1-14-17(15-4-5-16(21-13-15)3-2-10-25)24-7-6-20-18(19(24)22-14)23-8-11-26-12-9-23;1-2/h4-7,13,25H,2-3,8-12H2,1H3;1-2H3. The largest absolute Gasteiger partial charge is 0.396 e. The van der Waals surface area contributed by atoms with Crippen molar-refractivity contribution in [3.05, 3.63) is 42.1 Å². The Morgan fingerprint density at radius 2 is 1.93 bits per heavy atom. The Morgan fingerprint density at radius 3 is 2.61 bits per heavy atom. The molecule has 3 aromatic heterocycles. The Labute approximate surface area is 166 Å². The summed E-state index contributed by atoms with van der Waals surface area (Å²) in [5.41, 5.74) is 4.88. The second-order valence-electron chi connectivity index (χ2n) is 6.46. The summed E-state index contributed by atoms with van der Waals surface area (Å²) in [4.78, 5) is 16.1. The maximum Gasteiger partial charge on any atom is 0.181 e. The van der Waals surface area contributed by atoms with Gasteiger partial charge in [-0.15, -0.1) is 0 Å². The molecule has 4 rings (SSSR count). The minimum Gasteiger partial charge on any atom is -0.396 e. The van der Waals surface area contributed by atoms with E-state index in [2.05, 4.69) is 25.3 Å². The average molecular weight is 383 g/mol. The summed E-state index contributed by atoms with van der Waals surface area (Å²) in [6.07, 6.45) is 7.18. The first-order valence-corrected chi connectivity index (χ1v) is 10.0. The number of imidazole rings is 1. The molecule has 0 aromatic carbocycles. The highest BCUT2D eigenvalue weighted by Gasteiger charge is 2.20. The van der Waals surface area contributed by atoms with Crippen LogP contribution in [0, 0.1) is 6.92 Å². The number of fused-ring (bicyclic) bond motifs is 1. The van der Waals surface area contributed by atoms with Gasteiger partial charge in [-0.2, -0.15) is 0 Å². The monoisotopic (exact) mass is 383 g/mol. The second-order valence-corrected chi connectivity index (χ2v) is 6.46. The van der Waals surface area contributed by atoms with Gasteiger partial charge in [-0.25, -0.2) is 9.97 Å². The van der Waals surface area contributed by atoms with Gasteiger partial charge in [-0.1, -0.05) is 13.8 Å². The molecule has 150 valence electrons. The number of ether oxygens (including phenoxy) is 1. The molecule has 0 atom stereocenters. The summed E-state index contributed by atoms with van der Waals surface area (Å²) in [5, 5.41) is 8.96. The number of pyridine rings is 1. The van der Waals surface area contributed by atoms with Crippen molar-refractivity contribution >= 4 is 11.5 Å². The van der Waals surface area contributed by atoms with Gasteiger partial charge in [0.25, 0.3) is 0 Å². The highest BCUT2D eigenvalue weighted by molar-refractivity contribution is 5.73. The second kappa shape index (κ2) is 9.61. The molecule has 0 unspecified atom stereocenters. The molecule has 1 fully saturated rings. The number of hydrogen-bond acceptors (Lipinski definition) is 6. The van der Waals surface area contributed by atoms with Crippen LogP contribution in [0.25, 0.3) is 16.9 Å². The molecule has 1 N–H and O–H groups in total. The van der Waals surface area contributed by atoms with Gasteiger partial charge < -0.3 is 14.7 Å². The van der Waals surface area contributed by atoms with Crippen molar-refractivity contribution in [1.29, 1.82) is 0 Å². The Morgan fingerprint density at radius 1 is 1.14 bits per heavy atom. The van der Waals surface area contributed by atoms with Crippen LogP contribution in [-0.4, -0.2) is 57.4 Å². The average Bonchev–Trinajstić information content (AvgIpc) is 3.10. The summed E-state index contributed by atoms with van der Waals surface area (Å²) in [6.45, 7) is 9.30. The number of aliphatic hydroxyl groups excluding tert-OH is 1. The lowest BCUT2D eigenvalue weighted by atomic mass is 10.1. The van der Waals surface area contributed by atoms with Crippen molar-refractivity contribution in [3.8, 4) is 11.3 Å². The first-order chi connectivity index (χ1) is 13.8. The Hall–Kier alpha value is -2.51. The minimum atomic E-state index is 0.188. The van der Waals surface area contributed by atoms with Crippen LogP contribution in [0.5, 0.6) is 0 Å². The molecule has 1 aliphatic rings.